The second kappa shape index (κ2) is 37.0. The molecular formula is C8H15F3O6. The summed E-state index contributed by atoms with van der Waals surface area (Å²) in [5, 5.41) is 20.2. The zero-order valence-corrected chi connectivity index (χ0v) is 9.32. The molecule has 6 nitrogen and oxygen atoms in total. The first-order chi connectivity index (χ1) is 7.61. The van der Waals surface area contributed by atoms with Crippen molar-refractivity contribution in [1.82, 2.24) is 0 Å². The van der Waals surface area contributed by atoms with Crippen molar-refractivity contribution < 1.29 is 42.9 Å². The van der Waals surface area contributed by atoms with E-state index in [9.17, 15) is 13.2 Å². The molecule has 0 atom stereocenters. The predicted octanol–water partition coefficient (Wildman–Crippen LogP) is 4.12. The van der Waals surface area contributed by atoms with Crippen molar-refractivity contribution in [1.29, 1.82) is 0 Å². The fraction of sp³-hybridized carbons (Fsp3) is 0.375. The normalized spacial score (nSPS) is 5.71. The van der Waals surface area contributed by atoms with Crippen LogP contribution in [0.25, 0.3) is 0 Å². The number of carboxylic acid groups (broad SMARTS) is 3. The topological polar surface area (TPSA) is 112 Å². The molecule has 104 valence electrons. The molecule has 0 saturated carbocycles. The largest absolute Gasteiger partial charge is 0.492 e. The van der Waals surface area contributed by atoms with Gasteiger partial charge in [-0.1, -0.05) is 20.3 Å². The second-order valence-electron chi connectivity index (χ2n) is 1.47. The van der Waals surface area contributed by atoms with E-state index in [4.69, 9.17) is 29.7 Å². The first kappa shape index (κ1) is 29.4. The first-order valence-corrected chi connectivity index (χ1v) is 3.76. The molecule has 0 spiro atoms. The smallest absolute Gasteiger partial charge is 0.456 e. The summed E-state index contributed by atoms with van der Waals surface area (Å²) in [5.41, 5.74) is 0. The minimum absolute atomic E-state index is 1.25. The van der Waals surface area contributed by atoms with Gasteiger partial charge in [0.2, 0.25) is 0 Å². The van der Waals surface area contributed by atoms with Gasteiger partial charge < -0.3 is 15.3 Å². The van der Waals surface area contributed by atoms with Gasteiger partial charge in [0, 0.05) is 0 Å². The van der Waals surface area contributed by atoms with Crippen molar-refractivity contribution in [2.45, 2.75) is 20.3 Å². The minimum Gasteiger partial charge on any atom is -0.456 e. The molecule has 0 aromatic carbocycles. The summed E-state index contributed by atoms with van der Waals surface area (Å²) in [6.07, 6.45) is -5.75. The van der Waals surface area contributed by atoms with Crippen LogP contribution in [0, 0.1) is 0 Å². The third-order valence-corrected chi connectivity index (χ3v) is 0. The van der Waals surface area contributed by atoms with Gasteiger partial charge in [0.1, 0.15) is 0 Å². The number of hydrogen-bond donors (Lipinski definition) is 3. The Kier molecular flexibility index (Phi) is 64.0. The molecule has 0 rings (SSSR count). The van der Waals surface area contributed by atoms with Crippen LogP contribution >= 0.6 is 0 Å². The lowest BCUT2D eigenvalue weighted by atomic mass is 10.6. The fourth-order valence-corrected chi connectivity index (χ4v) is 0. The molecule has 0 saturated heterocycles. The Morgan fingerprint density at radius 1 is 0.824 bits per heavy atom. The Hall–Kier alpha value is -2.06. The molecule has 3 N–H and O–H groups in total. The van der Waals surface area contributed by atoms with E-state index in [2.05, 4.69) is 27.0 Å². The van der Waals surface area contributed by atoms with Crippen molar-refractivity contribution in [2.75, 3.05) is 0 Å². The van der Waals surface area contributed by atoms with Crippen LogP contribution in [0.1, 0.15) is 20.3 Å². The maximum absolute atomic E-state index is 9.92. The number of hydrogen-bond acceptors (Lipinski definition) is 3. The Morgan fingerprint density at radius 3 is 0.824 bits per heavy atom. The summed E-state index contributed by atoms with van der Waals surface area (Å²) in [6.45, 7) is 10.2. The van der Waals surface area contributed by atoms with Crippen LogP contribution in [0.3, 0.4) is 0 Å². The van der Waals surface area contributed by atoms with E-state index in [-0.39, 0.29) is 0 Å². The Morgan fingerprint density at radius 2 is 0.824 bits per heavy atom. The van der Waals surface area contributed by atoms with Gasteiger partial charge in [0.05, 0.1) is 0 Å². The second-order valence-corrected chi connectivity index (χ2v) is 1.47. The van der Waals surface area contributed by atoms with Crippen molar-refractivity contribution in [2.24, 2.45) is 0 Å². The zero-order chi connectivity index (χ0) is 15.4. The highest BCUT2D eigenvalue weighted by molar-refractivity contribution is 5.55. The van der Waals surface area contributed by atoms with Crippen LogP contribution in [-0.4, -0.2) is 34.0 Å². The van der Waals surface area contributed by atoms with Gasteiger partial charge in [-0.05, 0) is 0 Å². The van der Waals surface area contributed by atoms with Gasteiger partial charge >= 0.3 is 18.7 Å². The molecule has 0 heterocycles. The van der Waals surface area contributed by atoms with Crippen LogP contribution in [0.5, 0.6) is 0 Å². The number of halogens is 3. The van der Waals surface area contributed by atoms with Gasteiger partial charge in [0.15, 0.2) is 0 Å². The molecule has 17 heavy (non-hydrogen) atoms. The first-order valence-electron chi connectivity index (χ1n) is 3.76. The van der Waals surface area contributed by atoms with Gasteiger partial charge in [-0.3, -0.25) is 0 Å². The highest BCUT2D eigenvalue weighted by atomic mass is 19.2. The fourth-order valence-electron chi connectivity index (χ4n) is 0. The number of rotatable bonds is 0. The van der Waals surface area contributed by atoms with Crippen LogP contribution in [0.2, 0.25) is 0 Å². The van der Waals surface area contributed by atoms with Crippen molar-refractivity contribution >= 4 is 18.7 Å². The van der Waals surface area contributed by atoms with Gasteiger partial charge in [-0.15, -0.1) is 26.3 Å². The van der Waals surface area contributed by atoms with Gasteiger partial charge in [-0.25, -0.2) is 14.4 Å². The molecule has 0 aliphatic heterocycles. The van der Waals surface area contributed by atoms with E-state index >= 15 is 0 Å². The SMILES string of the molecule is C=C.CCC.O=C(O)F.O=C(O)F.O=C(O)F. The molecule has 0 aliphatic carbocycles. The van der Waals surface area contributed by atoms with Crippen LogP contribution in [-0.2, 0) is 0 Å². The maximum Gasteiger partial charge on any atom is 0.492 e. The average molecular weight is 264 g/mol. The van der Waals surface area contributed by atoms with Gasteiger partial charge in [-0.2, -0.15) is 0 Å². The van der Waals surface area contributed by atoms with Crippen molar-refractivity contribution in [3.63, 3.8) is 0 Å². The van der Waals surface area contributed by atoms with E-state index in [1.54, 1.807) is 0 Å². The summed E-state index contributed by atoms with van der Waals surface area (Å²) in [7, 11) is 0. The Balaban J connectivity index is -0.0000000361. The molecular weight excluding hydrogens is 249 g/mol. The summed E-state index contributed by atoms with van der Waals surface area (Å²) >= 11 is 0. The number of carbonyl (C=O) groups is 3. The zero-order valence-electron chi connectivity index (χ0n) is 9.32. The molecule has 0 aromatic rings. The third-order valence-electron chi connectivity index (χ3n) is 0. The lowest BCUT2D eigenvalue weighted by molar-refractivity contribution is 0.167. The van der Waals surface area contributed by atoms with E-state index in [0.717, 1.165) is 0 Å². The monoisotopic (exact) mass is 264 g/mol. The van der Waals surface area contributed by atoms with E-state index in [1.165, 1.54) is 6.42 Å². The quantitative estimate of drug-likeness (QED) is 0.448. The third kappa shape index (κ3) is 468. The highest BCUT2D eigenvalue weighted by Gasteiger charge is 1.75. The van der Waals surface area contributed by atoms with Crippen LogP contribution < -0.4 is 0 Å². The van der Waals surface area contributed by atoms with E-state index in [0.29, 0.717) is 0 Å². The summed E-state index contributed by atoms with van der Waals surface area (Å²) < 4.78 is 29.8. The van der Waals surface area contributed by atoms with E-state index < -0.39 is 18.7 Å². The molecule has 0 unspecified atom stereocenters. The summed E-state index contributed by atoms with van der Waals surface area (Å²) in [5.74, 6) is 0. The predicted molar refractivity (Wildman–Crippen MR) is 54.6 cm³/mol. The van der Waals surface area contributed by atoms with Crippen LogP contribution in [0.4, 0.5) is 27.6 Å². The molecule has 0 bridgehead atoms. The molecule has 0 aliphatic rings. The molecule has 0 fully saturated rings. The summed E-state index contributed by atoms with van der Waals surface area (Å²) in [4.78, 5) is 25.0. The van der Waals surface area contributed by atoms with Crippen LogP contribution in [0.15, 0.2) is 13.2 Å². The minimum atomic E-state index is -2.33. The molecule has 0 radical (unpaired) electrons. The molecule has 0 amide bonds. The molecule has 9 heteroatoms. The Bertz CT molecular complexity index is 146. The maximum atomic E-state index is 9.92. The lowest BCUT2D eigenvalue weighted by Crippen LogP contribution is -1.69. The highest BCUT2D eigenvalue weighted by Crippen LogP contribution is 1.59. The van der Waals surface area contributed by atoms with Gasteiger partial charge in [0.25, 0.3) is 0 Å². The average Bonchev–Trinajstić information content (AvgIpc) is 2.04. The summed E-state index contributed by atoms with van der Waals surface area (Å²) in [6, 6.07) is 0. The standard InChI is InChI=1S/C3H8.C2H4.3CHFO2/c1-3-2;1-2;3*2-1(3)4/h3H2,1-2H3;1-2H2;3*(H,3,4). The van der Waals surface area contributed by atoms with E-state index in [1.807, 2.05) is 0 Å². The lowest BCUT2D eigenvalue weighted by Gasteiger charge is -1.53. The van der Waals surface area contributed by atoms with Crippen molar-refractivity contribution in [3.8, 4) is 0 Å². The van der Waals surface area contributed by atoms with Crippen molar-refractivity contribution in [3.05, 3.63) is 13.2 Å². The molecule has 0 aromatic heterocycles. The Labute approximate surface area is 96.0 Å².